The number of anilines is 1. The van der Waals surface area contributed by atoms with Gasteiger partial charge in [-0.15, -0.1) is 0 Å². The molecule has 2 aromatic heterocycles. The molecule has 0 bridgehead atoms. The number of ether oxygens (including phenoxy) is 1. The van der Waals surface area contributed by atoms with Crippen molar-refractivity contribution in [2.75, 3.05) is 5.32 Å². The zero-order chi connectivity index (χ0) is 26.6. The first-order valence-corrected chi connectivity index (χ1v) is 11.9. The Balaban J connectivity index is 1.34. The maximum Gasteiger partial charge on any atom is 0.335 e. The Morgan fingerprint density at radius 1 is 0.974 bits per heavy atom. The topological polar surface area (TPSA) is 169 Å². The molecule has 4 aromatic rings. The van der Waals surface area contributed by atoms with E-state index in [1.165, 1.54) is 17.2 Å². The number of nitrogens with one attached hydrogen (secondary N) is 2. The fourth-order valence-corrected chi connectivity index (χ4v) is 4.33. The lowest BCUT2D eigenvalue weighted by molar-refractivity contribution is -0.152. The first kappa shape index (κ1) is 25.0. The van der Waals surface area contributed by atoms with Crippen LogP contribution in [-0.2, 0) is 20.7 Å². The third kappa shape index (κ3) is 5.08. The number of aryl methyl sites for hydroxylation is 1. The standard InChI is InChI=1S/C26H24N6O6/c33-17(12-11-15-7-3-1-4-8-15)30-18-20(34)25(38-21(18)26(36)37)32-14-29-19-22(27-13-28-23(19)32)31-24(35)16-9-5-2-6-10-16/h1-10,13-14,18,20-21,25,34H,11-12H2,(H,30,33)(H,36,37)(H,27,28,31,35)/t18-,20+,21-,25+/m0/s1. The van der Waals surface area contributed by atoms with Gasteiger partial charge in [-0.1, -0.05) is 48.5 Å². The number of hydrogen-bond acceptors (Lipinski definition) is 8. The number of hydrogen-bond donors (Lipinski definition) is 4. The van der Waals surface area contributed by atoms with Crippen LogP contribution in [-0.4, -0.2) is 65.8 Å². The highest BCUT2D eigenvalue weighted by Gasteiger charge is 2.49. The molecule has 0 spiro atoms. The number of aromatic nitrogens is 4. The van der Waals surface area contributed by atoms with Gasteiger partial charge in [0.2, 0.25) is 5.91 Å². The molecular formula is C26H24N6O6. The number of fused-ring (bicyclic) bond motifs is 1. The molecule has 1 aliphatic heterocycles. The van der Waals surface area contributed by atoms with Gasteiger partial charge in [0.15, 0.2) is 29.3 Å². The molecule has 0 saturated carbocycles. The minimum Gasteiger partial charge on any atom is -0.479 e. The van der Waals surface area contributed by atoms with Crippen LogP contribution in [0.25, 0.3) is 11.2 Å². The molecule has 1 saturated heterocycles. The van der Waals surface area contributed by atoms with E-state index in [4.69, 9.17) is 4.74 Å². The van der Waals surface area contributed by atoms with Crippen LogP contribution in [0.3, 0.4) is 0 Å². The number of rotatable bonds is 8. The van der Waals surface area contributed by atoms with Gasteiger partial charge >= 0.3 is 5.97 Å². The molecule has 2 amide bonds. The molecule has 5 rings (SSSR count). The number of benzene rings is 2. The summed E-state index contributed by atoms with van der Waals surface area (Å²) < 4.78 is 7.02. The molecule has 1 aliphatic rings. The van der Waals surface area contributed by atoms with E-state index < -0.39 is 42.3 Å². The second kappa shape index (κ2) is 10.7. The number of carbonyl (C=O) groups is 3. The summed E-state index contributed by atoms with van der Waals surface area (Å²) in [6, 6.07) is 16.7. The van der Waals surface area contributed by atoms with Crippen molar-refractivity contribution in [1.29, 1.82) is 0 Å². The number of carboxylic acid groups (broad SMARTS) is 1. The van der Waals surface area contributed by atoms with E-state index in [9.17, 15) is 24.6 Å². The van der Waals surface area contributed by atoms with Crippen LogP contribution in [0.1, 0.15) is 28.6 Å². The minimum atomic E-state index is -1.51. The molecule has 12 nitrogen and oxygen atoms in total. The SMILES string of the molecule is O=C(CCc1ccccc1)N[C@H]1[C@@H](O)[C@H](n2cnc3c(NC(=O)c4ccccc4)ncnc32)O[C@@H]1C(=O)O. The van der Waals surface area contributed by atoms with Crippen LogP contribution in [0, 0.1) is 0 Å². The fourth-order valence-electron chi connectivity index (χ4n) is 4.33. The first-order valence-electron chi connectivity index (χ1n) is 11.9. The van der Waals surface area contributed by atoms with Gasteiger partial charge < -0.3 is 25.6 Å². The van der Waals surface area contributed by atoms with Crippen molar-refractivity contribution >= 4 is 34.8 Å². The quantitative estimate of drug-likeness (QED) is 0.271. The summed E-state index contributed by atoms with van der Waals surface area (Å²) in [5.74, 6) is -2.02. The maximum atomic E-state index is 12.6. The molecule has 3 heterocycles. The van der Waals surface area contributed by atoms with Gasteiger partial charge in [-0.25, -0.2) is 19.7 Å². The number of carboxylic acids is 1. The zero-order valence-electron chi connectivity index (χ0n) is 20.0. The van der Waals surface area contributed by atoms with Crippen molar-refractivity contribution in [3.05, 3.63) is 84.4 Å². The number of amides is 2. The van der Waals surface area contributed by atoms with E-state index in [-0.39, 0.29) is 23.4 Å². The van der Waals surface area contributed by atoms with Crippen LogP contribution in [0.5, 0.6) is 0 Å². The lowest BCUT2D eigenvalue weighted by atomic mass is 10.1. The average Bonchev–Trinajstić information content (AvgIpc) is 3.50. The van der Waals surface area contributed by atoms with Gasteiger partial charge in [-0.3, -0.25) is 14.2 Å². The number of aliphatic hydroxyl groups excluding tert-OH is 1. The second-order valence-electron chi connectivity index (χ2n) is 8.72. The highest BCUT2D eigenvalue weighted by atomic mass is 16.6. The van der Waals surface area contributed by atoms with Crippen molar-refractivity contribution < 1.29 is 29.3 Å². The summed E-state index contributed by atoms with van der Waals surface area (Å²) in [6.45, 7) is 0. The Morgan fingerprint density at radius 2 is 1.68 bits per heavy atom. The van der Waals surface area contributed by atoms with Gasteiger partial charge in [0, 0.05) is 12.0 Å². The largest absolute Gasteiger partial charge is 0.479 e. The third-order valence-electron chi connectivity index (χ3n) is 6.23. The summed E-state index contributed by atoms with van der Waals surface area (Å²) in [7, 11) is 0. The van der Waals surface area contributed by atoms with Gasteiger partial charge in [0.05, 0.1) is 12.4 Å². The van der Waals surface area contributed by atoms with Crippen molar-refractivity contribution in [3.8, 4) is 0 Å². The van der Waals surface area contributed by atoms with E-state index in [2.05, 4.69) is 25.6 Å². The van der Waals surface area contributed by atoms with E-state index in [0.29, 0.717) is 12.0 Å². The third-order valence-corrected chi connectivity index (χ3v) is 6.23. The Morgan fingerprint density at radius 3 is 2.39 bits per heavy atom. The van der Waals surface area contributed by atoms with Crippen molar-refractivity contribution in [2.45, 2.75) is 37.3 Å². The zero-order valence-corrected chi connectivity index (χ0v) is 20.0. The predicted molar refractivity (Wildman–Crippen MR) is 134 cm³/mol. The fraction of sp³-hybridized carbons (Fsp3) is 0.231. The normalized spacial score (nSPS) is 20.8. The molecule has 38 heavy (non-hydrogen) atoms. The number of carbonyl (C=O) groups excluding carboxylic acids is 2. The van der Waals surface area contributed by atoms with Crippen molar-refractivity contribution in [3.63, 3.8) is 0 Å². The molecule has 4 N–H and O–H groups in total. The molecule has 4 atom stereocenters. The van der Waals surface area contributed by atoms with E-state index in [0.717, 1.165) is 5.56 Å². The molecule has 2 aromatic carbocycles. The Kier molecular flexibility index (Phi) is 7.07. The molecule has 0 aliphatic carbocycles. The molecule has 0 radical (unpaired) electrons. The second-order valence-corrected chi connectivity index (χ2v) is 8.72. The van der Waals surface area contributed by atoms with Gasteiger partial charge in [0.1, 0.15) is 12.4 Å². The van der Waals surface area contributed by atoms with Crippen LogP contribution in [0.15, 0.2) is 73.3 Å². The van der Waals surface area contributed by atoms with Crippen LogP contribution in [0.4, 0.5) is 5.82 Å². The van der Waals surface area contributed by atoms with Crippen molar-refractivity contribution in [1.82, 2.24) is 24.8 Å². The Hall–Kier alpha value is -4.68. The van der Waals surface area contributed by atoms with E-state index in [1.54, 1.807) is 30.3 Å². The number of aliphatic hydroxyl groups is 1. The predicted octanol–water partition coefficient (Wildman–Crippen LogP) is 1.54. The highest BCUT2D eigenvalue weighted by molar-refractivity contribution is 6.06. The summed E-state index contributed by atoms with van der Waals surface area (Å²) in [4.78, 5) is 49.7. The Bertz CT molecular complexity index is 1460. The molecular weight excluding hydrogens is 492 g/mol. The summed E-state index contributed by atoms with van der Waals surface area (Å²) in [5, 5.41) is 26.0. The van der Waals surface area contributed by atoms with E-state index in [1.807, 2.05) is 30.3 Å². The molecule has 12 heteroatoms. The van der Waals surface area contributed by atoms with Crippen LogP contribution in [0.2, 0.25) is 0 Å². The lowest BCUT2D eigenvalue weighted by Crippen LogP contribution is -2.49. The molecule has 0 unspecified atom stereocenters. The lowest BCUT2D eigenvalue weighted by Gasteiger charge is -2.20. The summed E-state index contributed by atoms with van der Waals surface area (Å²) in [5.41, 5.74) is 1.80. The van der Waals surface area contributed by atoms with Crippen molar-refractivity contribution in [2.24, 2.45) is 0 Å². The first-order chi connectivity index (χ1) is 18.4. The maximum absolute atomic E-state index is 12.6. The minimum absolute atomic E-state index is 0.107. The number of imidazole rings is 1. The monoisotopic (exact) mass is 516 g/mol. The van der Waals surface area contributed by atoms with Gasteiger partial charge in [-0.05, 0) is 24.1 Å². The number of nitrogens with zero attached hydrogens (tertiary/aromatic N) is 4. The van der Waals surface area contributed by atoms with Crippen LogP contribution < -0.4 is 10.6 Å². The average molecular weight is 517 g/mol. The smallest absolute Gasteiger partial charge is 0.335 e. The van der Waals surface area contributed by atoms with Gasteiger partial charge in [-0.2, -0.15) is 0 Å². The van der Waals surface area contributed by atoms with Crippen LogP contribution >= 0.6 is 0 Å². The van der Waals surface area contributed by atoms with Gasteiger partial charge in [0.25, 0.3) is 5.91 Å². The van der Waals surface area contributed by atoms with E-state index >= 15 is 0 Å². The summed E-state index contributed by atoms with van der Waals surface area (Å²) >= 11 is 0. The number of aliphatic carboxylic acids is 1. The Labute approximate surface area is 216 Å². The molecule has 194 valence electrons. The highest BCUT2D eigenvalue weighted by Crippen LogP contribution is 2.32. The molecule has 1 fully saturated rings. The summed E-state index contributed by atoms with van der Waals surface area (Å²) in [6.07, 6.45) is -1.07.